The predicted molar refractivity (Wildman–Crippen MR) is 163 cm³/mol. The van der Waals surface area contributed by atoms with Gasteiger partial charge in [0.25, 0.3) is 0 Å². The molecule has 1 amide bonds. The number of para-hydroxylation sites is 1. The van der Waals surface area contributed by atoms with Crippen molar-refractivity contribution < 1.29 is 18.4 Å². The molecule has 8 heteroatoms. The highest BCUT2D eigenvalue weighted by molar-refractivity contribution is 6.22. The van der Waals surface area contributed by atoms with Crippen molar-refractivity contribution >= 4 is 28.9 Å². The highest BCUT2D eigenvalue weighted by atomic mass is 19.1. The van der Waals surface area contributed by atoms with Crippen LogP contribution in [0.1, 0.15) is 37.8 Å². The fourth-order valence-electron chi connectivity index (χ4n) is 7.05. The van der Waals surface area contributed by atoms with Crippen LogP contribution in [0.25, 0.3) is 5.82 Å². The van der Waals surface area contributed by atoms with Gasteiger partial charge in [0.2, 0.25) is 5.91 Å². The fourth-order valence-corrected chi connectivity index (χ4v) is 7.05. The van der Waals surface area contributed by atoms with E-state index in [1.165, 1.54) is 24.3 Å². The number of aromatic nitrogens is 1. The van der Waals surface area contributed by atoms with Gasteiger partial charge >= 0.3 is 0 Å². The summed E-state index contributed by atoms with van der Waals surface area (Å²) in [6, 6.07) is 25.2. The van der Waals surface area contributed by atoms with Crippen molar-refractivity contribution in [3.8, 4) is 6.07 Å². The number of halogens is 2. The molecule has 1 aliphatic carbocycles. The van der Waals surface area contributed by atoms with E-state index in [1.807, 2.05) is 38.1 Å². The molecule has 1 atom stereocenters. The molecule has 44 heavy (non-hydrogen) atoms. The van der Waals surface area contributed by atoms with Gasteiger partial charge in [-0.15, -0.1) is 0 Å². The molecule has 3 heterocycles. The minimum absolute atomic E-state index is 0.0730. The van der Waals surface area contributed by atoms with Gasteiger partial charge in [-0.2, -0.15) is 5.26 Å². The van der Waals surface area contributed by atoms with Crippen LogP contribution in [0.4, 0.5) is 20.2 Å². The Kier molecular flexibility index (Phi) is 6.19. The molecule has 0 radical (unpaired) electrons. The summed E-state index contributed by atoms with van der Waals surface area (Å²) in [6.45, 7) is 4.11. The first-order valence-corrected chi connectivity index (χ1v) is 14.4. The number of nitriles is 1. The summed E-state index contributed by atoms with van der Waals surface area (Å²) in [6.07, 6.45) is 4.13. The third-order valence-corrected chi connectivity index (χ3v) is 8.75. The lowest BCUT2D eigenvalue weighted by Gasteiger charge is -2.47. The maximum atomic E-state index is 15.1. The fraction of sp³-hybridized carbons (Fsp3) is 0.194. The van der Waals surface area contributed by atoms with Crippen molar-refractivity contribution in [2.75, 3.05) is 9.80 Å². The molecule has 0 unspecified atom stereocenters. The SMILES string of the molecule is CC1(C)CC(=O)C2=C(C1)N(c1cccc(F)c1)C(n1cccc1)=C(C#N)[C@]21C(=O)N(Cc2ccc(F)cc2)c2ccccc21. The number of amides is 1. The van der Waals surface area contributed by atoms with Crippen molar-refractivity contribution in [3.63, 3.8) is 0 Å². The number of hydrogen-bond acceptors (Lipinski definition) is 4. The monoisotopic (exact) mass is 586 g/mol. The molecule has 1 spiro atoms. The molecule has 3 aromatic carbocycles. The topological polar surface area (TPSA) is 69.3 Å². The number of Topliss-reactive ketones (excluding diaryl/α,β-unsaturated/α-hetero) is 1. The number of benzene rings is 3. The Morgan fingerprint density at radius 3 is 2.30 bits per heavy atom. The third-order valence-electron chi connectivity index (χ3n) is 8.75. The first-order valence-electron chi connectivity index (χ1n) is 14.4. The molecule has 3 aliphatic rings. The Bertz CT molecular complexity index is 1950. The van der Waals surface area contributed by atoms with E-state index in [0.717, 1.165) is 0 Å². The molecule has 4 aromatic rings. The van der Waals surface area contributed by atoms with Crippen molar-refractivity contribution in [2.24, 2.45) is 5.41 Å². The van der Waals surface area contributed by atoms with Gasteiger partial charge < -0.3 is 9.47 Å². The maximum absolute atomic E-state index is 15.1. The predicted octanol–water partition coefficient (Wildman–Crippen LogP) is 7.11. The maximum Gasteiger partial charge on any atom is 0.248 e. The van der Waals surface area contributed by atoms with Crippen LogP contribution in [0.5, 0.6) is 0 Å². The summed E-state index contributed by atoms with van der Waals surface area (Å²) >= 11 is 0. The first kappa shape index (κ1) is 27.5. The second-order valence-corrected chi connectivity index (χ2v) is 12.3. The van der Waals surface area contributed by atoms with E-state index in [0.29, 0.717) is 40.4 Å². The van der Waals surface area contributed by atoms with Crippen LogP contribution in [-0.2, 0) is 21.5 Å². The van der Waals surface area contributed by atoms with Gasteiger partial charge in [0.15, 0.2) is 5.78 Å². The Balaban J connectivity index is 1.58. The Morgan fingerprint density at radius 1 is 0.864 bits per heavy atom. The van der Waals surface area contributed by atoms with Crippen LogP contribution in [0.15, 0.2) is 114 Å². The van der Waals surface area contributed by atoms with E-state index < -0.39 is 22.6 Å². The number of carbonyl (C=O) groups is 2. The Morgan fingerprint density at radius 2 is 1.59 bits per heavy atom. The zero-order valence-corrected chi connectivity index (χ0v) is 24.2. The molecule has 0 saturated heterocycles. The van der Waals surface area contributed by atoms with Gasteiger partial charge in [-0.25, -0.2) is 8.78 Å². The quantitative estimate of drug-likeness (QED) is 0.256. The van der Waals surface area contributed by atoms with Crippen LogP contribution in [0, 0.1) is 28.4 Å². The number of ketones is 1. The minimum Gasteiger partial charge on any atom is -0.309 e. The number of anilines is 2. The molecule has 2 aliphatic heterocycles. The lowest BCUT2D eigenvalue weighted by molar-refractivity contribution is -0.125. The van der Waals surface area contributed by atoms with Crippen LogP contribution in [0.2, 0.25) is 0 Å². The van der Waals surface area contributed by atoms with E-state index in [1.54, 1.807) is 63.2 Å². The number of rotatable bonds is 4. The molecule has 0 bridgehead atoms. The van der Waals surface area contributed by atoms with Crippen molar-refractivity contribution in [1.82, 2.24) is 4.57 Å². The van der Waals surface area contributed by atoms with E-state index in [-0.39, 0.29) is 35.7 Å². The summed E-state index contributed by atoms with van der Waals surface area (Å²) in [5, 5.41) is 11.1. The van der Waals surface area contributed by atoms with Gasteiger partial charge in [-0.1, -0.05) is 50.2 Å². The molecular weight excluding hydrogens is 558 g/mol. The Hall–Kier alpha value is -5.29. The highest BCUT2D eigenvalue weighted by Gasteiger charge is 2.63. The van der Waals surface area contributed by atoms with Gasteiger partial charge in [-0.3, -0.25) is 14.5 Å². The zero-order chi connectivity index (χ0) is 30.8. The van der Waals surface area contributed by atoms with E-state index in [2.05, 4.69) is 6.07 Å². The molecule has 0 N–H and O–H groups in total. The first-order chi connectivity index (χ1) is 21.2. The third kappa shape index (κ3) is 3.96. The summed E-state index contributed by atoms with van der Waals surface area (Å²) in [7, 11) is 0. The number of fused-ring (bicyclic) bond motifs is 3. The second kappa shape index (κ2) is 9.88. The average molecular weight is 587 g/mol. The largest absolute Gasteiger partial charge is 0.309 e. The van der Waals surface area contributed by atoms with E-state index in [4.69, 9.17) is 0 Å². The second-order valence-electron chi connectivity index (χ2n) is 12.3. The summed E-state index contributed by atoms with van der Waals surface area (Å²) in [5.74, 6) is -1.16. The normalized spacial score (nSPS) is 20.7. The zero-order valence-electron chi connectivity index (χ0n) is 24.2. The van der Waals surface area contributed by atoms with E-state index in [9.17, 15) is 18.8 Å². The smallest absolute Gasteiger partial charge is 0.248 e. The van der Waals surface area contributed by atoms with Crippen molar-refractivity contribution in [3.05, 3.63) is 137 Å². The summed E-state index contributed by atoms with van der Waals surface area (Å²) in [5.41, 5.74) is 0.917. The molecule has 0 fully saturated rings. The van der Waals surface area contributed by atoms with Crippen molar-refractivity contribution in [1.29, 1.82) is 5.26 Å². The van der Waals surface area contributed by atoms with Gasteiger partial charge in [0, 0.05) is 41.3 Å². The minimum atomic E-state index is -1.74. The van der Waals surface area contributed by atoms with E-state index >= 15 is 4.79 Å². The van der Waals surface area contributed by atoms with Crippen molar-refractivity contribution in [2.45, 2.75) is 38.6 Å². The van der Waals surface area contributed by atoms with Crippen LogP contribution in [0.3, 0.4) is 0 Å². The molecule has 1 aromatic heterocycles. The molecule has 218 valence electrons. The Labute approximate surface area is 253 Å². The van der Waals surface area contributed by atoms with Gasteiger partial charge in [0.05, 0.1) is 17.8 Å². The van der Waals surface area contributed by atoms with Crippen LogP contribution in [-0.4, -0.2) is 16.3 Å². The number of nitrogens with zero attached hydrogens (tertiary/aromatic N) is 4. The summed E-state index contributed by atoms with van der Waals surface area (Å²) in [4.78, 5) is 33.0. The highest BCUT2D eigenvalue weighted by Crippen LogP contribution is 2.59. The average Bonchev–Trinajstić information content (AvgIpc) is 3.60. The number of carbonyl (C=O) groups excluding carboxylic acids is 2. The van der Waals surface area contributed by atoms with Gasteiger partial charge in [-0.05, 0) is 65.9 Å². The lowest BCUT2D eigenvalue weighted by atomic mass is 9.60. The number of allylic oxidation sites excluding steroid dienone is 1. The molecule has 0 saturated carbocycles. The van der Waals surface area contributed by atoms with Gasteiger partial charge in [0.1, 0.15) is 28.9 Å². The summed E-state index contributed by atoms with van der Waals surface area (Å²) < 4.78 is 30.3. The number of hydrogen-bond donors (Lipinski definition) is 0. The van der Waals surface area contributed by atoms with Crippen LogP contribution < -0.4 is 9.80 Å². The molecule has 7 rings (SSSR count). The molecular formula is C36H28F2N4O2. The standard InChI is InChI=1S/C36H28F2N4O2/c1-35(2)19-30-32(31(43)20-35)36(27-10-3-4-11-29(27)41(34(36)44)22-23-12-14-24(37)15-13-23)28(21-39)33(40-16-5-6-17-40)42(30)26-9-7-8-25(38)18-26/h3-18H,19-20,22H2,1-2H3/t36-/m0/s1. The lowest BCUT2D eigenvalue weighted by Crippen LogP contribution is -2.52. The van der Waals surface area contributed by atoms with Crippen LogP contribution >= 0.6 is 0 Å². The molecule has 6 nitrogen and oxygen atoms in total.